The highest BCUT2D eigenvalue weighted by molar-refractivity contribution is 6.08. The molecule has 0 atom stereocenters. The number of carbonyl (C=O) groups is 2. The fourth-order valence-electron chi connectivity index (χ4n) is 6.18. The molecule has 8 nitrogen and oxygen atoms in total. The van der Waals surface area contributed by atoms with Gasteiger partial charge in [0, 0.05) is 48.0 Å². The molecular formula is C37H33N5O3. The lowest BCUT2D eigenvalue weighted by Gasteiger charge is -2.23. The Morgan fingerprint density at radius 1 is 0.889 bits per heavy atom. The molecule has 0 unspecified atom stereocenters. The van der Waals surface area contributed by atoms with Crippen LogP contribution in [0.5, 0.6) is 5.75 Å². The number of hydrogen-bond donors (Lipinski definition) is 1. The van der Waals surface area contributed by atoms with Crippen molar-refractivity contribution >= 4 is 28.3 Å². The highest BCUT2D eigenvalue weighted by Crippen LogP contribution is 2.37. The first kappa shape index (κ1) is 28.2. The largest absolute Gasteiger partial charge is 0.496 e. The summed E-state index contributed by atoms with van der Waals surface area (Å²) in [5.41, 5.74) is 5.78. The number of carbonyl (C=O) groups excluding carboxylic acids is 2. The Kier molecular flexibility index (Phi) is 7.61. The van der Waals surface area contributed by atoms with Crippen molar-refractivity contribution in [3.63, 3.8) is 0 Å². The molecule has 7 rings (SSSR count). The third-order valence-corrected chi connectivity index (χ3v) is 8.45. The minimum Gasteiger partial charge on any atom is -0.496 e. The van der Waals surface area contributed by atoms with Crippen molar-refractivity contribution in [3.05, 3.63) is 138 Å². The maximum Gasteiger partial charge on any atom is 0.267 e. The van der Waals surface area contributed by atoms with Gasteiger partial charge in [0.05, 0.1) is 26.5 Å². The summed E-state index contributed by atoms with van der Waals surface area (Å²) in [6.07, 6.45) is 6.23. The molecule has 2 aromatic heterocycles. The molecule has 3 heterocycles. The number of hydrogen-bond acceptors (Lipinski definition) is 4. The van der Waals surface area contributed by atoms with Crippen LogP contribution in [0.25, 0.3) is 21.9 Å². The average Bonchev–Trinajstić information content (AvgIpc) is 3.72. The molecule has 0 saturated carbocycles. The molecular weight excluding hydrogens is 562 g/mol. The van der Waals surface area contributed by atoms with Gasteiger partial charge in [-0.25, -0.2) is 4.98 Å². The van der Waals surface area contributed by atoms with Crippen LogP contribution in [0.15, 0.2) is 116 Å². The zero-order valence-electron chi connectivity index (χ0n) is 25.0. The van der Waals surface area contributed by atoms with Gasteiger partial charge in [0.2, 0.25) is 0 Å². The fraction of sp³-hybridized carbons (Fsp3) is 0.162. The van der Waals surface area contributed by atoms with E-state index in [2.05, 4.69) is 34.6 Å². The van der Waals surface area contributed by atoms with Crippen LogP contribution in [-0.2, 0) is 19.6 Å². The van der Waals surface area contributed by atoms with Crippen LogP contribution in [0.1, 0.15) is 38.5 Å². The maximum absolute atomic E-state index is 14.2. The summed E-state index contributed by atoms with van der Waals surface area (Å²) in [6, 6.07) is 31.8. The second-order valence-electron chi connectivity index (χ2n) is 11.2. The zero-order chi connectivity index (χ0) is 30.8. The van der Waals surface area contributed by atoms with Crippen molar-refractivity contribution in [1.29, 1.82) is 0 Å². The number of anilines is 1. The van der Waals surface area contributed by atoms with Gasteiger partial charge in [-0.1, -0.05) is 60.7 Å². The first-order valence-electron chi connectivity index (χ1n) is 15.1. The minimum atomic E-state index is -0.134. The van der Waals surface area contributed by atoms with E-state index in [1.54, 1.807) is 24.5 Å². The highest BCUT2D eigenvalue weighted by Gasteiger charge is 2.28. The summed E-state index contributed by atoms with van der Waals surface area (Å²) in [5, 5.41) is 5.32. The molecule has 2 amide bonds. The molecule has 1 aliphatic heterocycles. The Morgan fingerprint density at radius 3 is 2.60 bits per heavy atom. The quantitative estimate of drug-likeness (QED) is 0.203. The summed E-state index contributed by atoms with van der Waals surface area (Å²) in [5.74, 6) is 0.374. The standard InChI is InChI=1S/C37H33N5O3/c1-45-35-22-27(14-16-32(35)31-12-6-10-26-8-2-4-11-30(26)31)37(44)42-24-29-15-17-34(41(29)23-28-9-3-5-13-33(28)42)36(43)39-18-7-20-40-21-19-38-25-40/h2-6,8-17,19,21-22,25H,7,18,20,23-24H2,1H3,(H,39,43). The average molecular weight is 596 g/mol. The first-order valence-corrected chi connectivity index (χ1v) is 15.1. The number of fused-ring (bicyclic) bond motifs is 3. The molecule has 6 aromatic rings. The molecule has 0 aliphatic carbocycles. The molecule has 1 aliphatic rings. The Hall–Kier alpha value is -5.63. The Morgan fingerprint density at radius 2 is 1.73 bits per heavy atom. The Bertz CT molecular complexity index is 2010. The number of aryl methyl sites for hydroxylation is 1. The van der Waals surface area contributed by atoms with Crippen LogP contribution in [0, 0.1) is 0 Å². The molecule has 0 radical (unpaired) electrons. The van der Waals surface area contributed by atoms with Crippen LogP contribution in [0.3, 0.4) is 0 Å². The third kappa shape index (κ3) is 5.47. The molecule has 1 N–H and O–H groups in total. The van der Waals surface area contributed by atoms with E-state index in [1.807, 2.05) is 88.1 Å². The number of ether oxygens (including phenoxy) is 1. The number of para-hydroxylation sites is 1. The monoisotopic (exact) mass is 595 g/mol. The number of methoxy groups -OCH3 is 1. The van der Waals surface area contributed by atoms with Crippen LogP contribution >= 0.6 is 0 Å². The fourth-order valence-corrected chi connectivity index (χ4v) is 6.18. The number of aromatic nitrogens is 3. The van der Waals surface area contributed by atoms with Gasteiger partial charge in [-0.3, -0.25) is 9.59 Å². The van der Waals surface area contributed by atoms with E-state index < -0.39 is 0 Å². The summed E-state index contributed by atoms with van der Waals surface area (Å²) in [6.45, 7) is 2.15. The molecule has 0 bridgehead atoms. The number of rotatable bonds is 8. The summed E-state index contributed by atoms with van der Waals surface area (Å²) < 4.78 is 9.85. The second kappa shape index (κ2) is 12.2. The van der Waals surface area contributed by atoms with E-state index in [0.717, 1.165) is 51.8 Å². The van der Waals surface area contributed by atoms with Gasteiger partial charge < -0.3 is 24.1 Å². The van der Waals surface area contributed by atoms with Crippen LogP contribution < -0.4 is 15.0 Å². The lowest BCUT2D eigenvalue weighted by molar-refractivity contribution is 0.0943. The van der Waals surface area contributed by atoms with E-state index in [9.17, 15) is 9.59 Å². The molecule has 0 saturated heterocycles. The van der Waals surface area contributed by atoms with Crippen molar-refractivity contribution in [2.45, 2.75) is 26.1 Å². The van der Waals surface area contributed by atoms with E-state index in [1.165, 1.54) is 0 Å². The number of amides is 2. The summed E-state index contributed by atoms with van der Waals surface area (Å²) in [4.78, 5) is 33.4. The molecule has 0 fully saturated rings. The van der Waals surface area contributed by atoms with Gasteiger partial charge in [0.1, 0.15) is 11.4 Å². The molecule has 45 heavy (non-hydrogen) atoms. The normalized spacial score (nSPS) is 12.3. The number of imidazole rings is 1. The maximum atomic E-state index is 14.2. The van der Waals surface area contributed by atoms with Crippen molar-refractivity contribution in [2.75, 3.05) is 18.6 Å². The molecule has 4 aromatic carbocycles. The van der Waals surface area contributed by atoms with Crippen molar-refractivity contribution < 1.29 is 14.3 Å². The van der Waals surface area contributed by atoms with Crippen LogP contribution in [0.2, 0.25) is 0 Å². The predicted octanol–water partition coefficient (Wildman–Crippen LogP) is 6.54. The van der Waals surface area contributed by atoms with Gasteiger partial charge >= 0.3 is 0 Å². The van der Waals surface area contributed by atoms with Gasteiger partial charge in [-0.2, -0.15) is 0 Å². The van der Waals surface area contributed by atoms with Crippen molar-refractivity contribution in [2.24, 2.45) is 0 Å². The van der Waals surface area contributed by atoms with Crippen LogP contribution in [0.4, 0.5) is 5.69 Å². The topological polar surface area (TPSA) is 81.4 Å². The number of nitrogens with zero attached hydrogens (tertiary/aromatic N) is 4. The van der Waals surface area contributed by atoms with E-state index in [-0.39, 0.29) is 11.8 Å². The first-order chi connectivity index (χ1) is 22.1. The van der Waals surface area contributed by atoms with E-state index >= 15 is 0 Å². The van der Waals surface area contributed by atoms with Crippen molar-refractivity contribution in [1.82, 2.24) is 19.4 Å². The predicted molar refractivity (Wildman–Crippen MR) is 176 cm³/mol. The van der Waals surface area contributed by atoms with E-state index in [4.69, 9.17) is 4.74 Å². The van der Waals surface area contributed by atoms with Gasteiger partial charge in [0.25, 0.3) is 11.8 Å². The molecule has 0 spiro atoms. The van der Waals surface area contributed by atoms with Gasteiger partial charge in [-0.05, 0) is 64.7 Å². The number of benzene rings is 4. The molecule has 8 heteroatoms. The highest BCUT2D eigenvalue weighted by atomic mass is 16.5. The smallest absolute Gasteiger partial charge is 0.267 e. The van der Waals surface area contributed by atoms with Gasteiger partial charge in [0.15, 0.2) is 0 Å². The second-order valence-corrected chi connectivity index (χ2v) is 11.2. The third-order valence-electron chi connectivity index (χ3n) is 8.45. The van der Waals surface area contributed by atoms with Gasteiger partial charge in [-0.15, -0.1) is 0 Å². The number of nitrogens with one attached hydrogen (secondary N) is 1. The lowest BCUT2D eigenvalue weighted by Crippen LogP contribution is -2.31. The molecule has 224 valence electrons. The summed E-state index contributed by atoms with van der Waals surface area (Å²) >= 11 is 0. The Labute approximate surface area is 261 Å². The minimum absolute atomic E-state index is 0.127. The van der Waals surface area contributed by atoms with Crippen LogP contribution in [-0.4, -0.2) is 39.6 Å². The Balaban J connectivity index is 1.16. The van der Waals surface area contributed by atoms with Crippen molar-refractivity contribution in [3.8, 4) is 16.9 Å². The van der Waals surface area contributed by atoms with E-state index in [0.29, 0.717) is 36.6 Å². The summed E-state index contributed by atoms with van der Waals surface area (Å²) in [7, 11) is 1.64. The zero-order valence-corrected chi connectivity index (χ0v) is 25.0. The lowest BCUT2D eigenvalue weighted by atomic mass is 9.96. The SMILES string of the molecule is COc1cc(C(=O)N2Cc3ccc(C(=O)NCCCn4ccnc4)n3Cc3ccccc32)ccc1-c1cccc2ccccc12.